The topological polar surface area (TPSA) is 46.2 Å². The Morgan fingerprint density at radius 3 is 2.33 bits per heavy atom. The minimum absolute atomic E-state index is 0.0247. The molecule has 1 N–H and O–H groups in total. The Balaban J connectivity index is 2.47. The first-order valence-electron chi connectivity index (χ1n) is 4.67. The predicted molar refractivity (Wildman–Crippen MR) is 54.1 cm³/mol. The first kappa shape index (κ1) is 12.5. The van der Waals surface area contributed by atoms with Crippen molar-refractivity contribution in [1.29, 1.82) is 0 Å². The average Bonchev–Trinajstić information content (AvgIpc) is 2.15. The Labute approximate surface area is 94.7 Å². The second-order valence-corrected chi connectivity index (χ2v) is 4.27. The number of hydrogen-bond acceptors (Lipinski definition) is 2. The molecule has 0 heterocycles. The minimum Gasteiger partial charge on any atom is -0.350 e. The Morgan fingerprint density at radius 2 is 2.00 bits per heavy atom. The molecule has 0 aliphatic heterocycles. The van der Waals surface area contributed by atoms with Crippen LogP contribution in [-0.2, 0) is 9.59 Å². The molecular weight excluding hydrogens is 272 g/mol. The van der Waals surface area contributed by atoms with Gasteiger partial charge in [-0.05, 0) is 12.8 Å². The first-order valence-corrected chi connectivity index (χ1v) is 5.79. The molecule has 86 valence electrons. The van der Waals surface area contributed by atoms with Crippen LogP contribution in [-0.4, -0.2) is 30.0 Å². The van der Waals surface area contributed by atoms with E-state index in [1.165, 1.54) is 0 Å². The van der Waals surface area contributed by atoms with Gasteiger partial charge >= 0.3 is 6.43 Å². The van der Waals surface area contributed by atoms with Crippen LogP contribution in [0.5, 0.6) is 0 Å². The number of alkyl halides is 3. The van der Waals surface area contributed by atoms with Gasteiger partial charge in [-0.1, -0.05) is 22.4 Å². The van der Waals surface area contributed by atoms with Crippen molar-refractivity contribution in [2.24, 2.45) is 5.41 Å². The van der Waals surface area contributed by atoms with Gasteiger partial charge in [0, 0.05) is 12.0 Å². The van der Waals surface area contributed by atoms with Gasteiger partial charge in [0.15, 0.2) is 5.78 Å². The second kappa shape index (κ2) is 5.01. The van der Waals surface area contributed by atoms with Crippen LogP contribution in [0, 0.1) is 5.41 Å². The Hall–Kier alpha value is -0.520. The number of carbonyl (C=O) groups is 2. The van der Waals surface area contributed by atoms with Crippen molar-refractivity contribution < 1.29 is 18.4 Å². The Bertz CT molecular complexity index is 267. The maximum absolute atomic E-state index is 11.9. The molecule has 0 aromatic heterocycles. The fourth-order valence-electron chi connectivity index (χ4n) is 1.63. The van der Waals surface area contributed by atoms with Gasteiger partial charge in [0.25, 0.3) is 5.91 Å². The smallest absolute Gasteiger partial charge is 0.315 e. The molecular formula is C9H12BrF2NO2. The zero-order chi connectivity index (χ0) is 11.5. The molecule has 0 atom stereocenters. The van der Waals surface area contributed by atoms with Gasteiger partial charge in [-0.2, -0.15) is 8.78 Å². The molecule has 15 heavy (non-hydrogen) atoms. The van der Waals surface area contributed by atoms with E-state index in [-0.39, 0.29) is 17.7 Å². The fourth-order valence-corrected chi connectivity index (χ4v) is 2.23. The summed E-state index contributed by atoms with van der Waals surface area (Å²) < 4.78 is 23.8. The number of rotatable bonds is 5. The molecule has 1 amide bonds. The zero-order valence-electron chi connectivity index (χ0n) is 8.06. The molecule has 0 saturated heterocycles. The number of carbonyl (C=O) groups excluding carboxylic acids is 2. The number of hydrogen-bond donors (Lipinski definition) is 1. The minimum atomic E-state index is -3.01. The highest BCUT2D eigenvalue weighted by Gasteiger charge is 2.43. The summed E-state index contributed by atoms with van der Waals surface area (Å²) >= 11 is 3.05. The van der Waals surface area contributed by atoms with E-state index in [4.69, 9.17) is 0 Å². The van der Waals surface area contributed by atoms with Crippen molar-refractivity contribution in [2.75, 3.05) is 11.9 Å². The maximum atomic E-state index is 11.9. The number of nitrogens with one attached hydrogen (secondary N) is 1. The average molecular weight is 284 g/mol. The third-order valence-corrected chi connectivity index (χ3v) is 3.33. The van der Waals surface area contributed by atoms with Gasteiger partial charge in [-0.3, -0.25) is 9.59 Å². The van der Waals surface area contributed by atoms with E-state index in [9.17, 15) is 18.4 Å². The molecule has 1 fully saturated rings. The molecule has 6 heteroatoms. The summed E-state index contributed by atoms with van der Waals surface area (Å²) in [4.78, 5) is 22.2. The molecule has 1 aliphatic carbocycles. The third kappa shape index (κ3) is 2.74. The van der Waals surface area contributed by atoms with Gasteiger partial charge in [-0.15, -0.1) is 0 Å². The maximum Gasteiger partial charge on any atom is 0.315 e. The van der Waals surface area contributed by atoms with Crippen LogP contribution in [0.15, 0.2) is 0 Å². The first-order chi connectivity index (χ1) is 7.02. The highest BCUT2D eigenvalue weighted by atomic mass is 79.9. The van der Waals surface area contributed by atoms with Crippen LogP contribution < -0.4 is 5.32 Å². The summed E-state index contributed by atoms with van der Waals surface area (Å²) in [5, 5.41) is 2.32. The molecule has 0 radical (unpaired) electrons. The summed E-state index contributed by atoms with van der Waals surface area (Å²) in [6.45, 7) is 0.0284. The van der Waals surface area contributed by atoms with Crippen molar-refractivity contribution in [3.8, 4) is 0 Å². The number of halogens is 3. The quantitative estimate of drug-likeness (QED) is 0.778. The van der Waals surface area contributed by atoms with Crippen molar-refractivity contribution in [2.45, 2.75) is 25.7 Å². The zero-order valence-corrected chi connectivity index (χ0v) is 9.65. The van der Waals surface area contributed by atoms with E-state index in [1.807, 2.05) is 0 Å². The normalized spacial score (nSPS) is 18.4. The number of amides is 1. The Morgan fingerprint density at radius 1 is 1.40 bits per heavy atom. The lowest BCUT2D eigenvalue weighted by atomic mass is 9.66. The SMILES string of the molecule is O=C(NCC1(C(=O)CBr)CCC1)C(F)F. The van der Waals surface area contributed by atoms with Crippen LogP contribution in [0.3, 0.4) is 0 Å². The van der Waals surface area contributed by atoms with Crippen LogP contribution in [0.2, 0.25) is 0 Å². The monoisotopic (exact) mass is 283 g/mol. The van der Waals surface area contributed by atoms with E-state index in [2.05, 4.69) is 21.2 Å². The van der Waals surface area contributed by atoms with Crippen molar-refractivity contribution in [3.63, 3.8) is 0 Å². The summed E-state index contributed by atoms with van der Waals surface area (Å²) in [6, 6.07) is 0. The van der Waals surface area contributed by atoms with Gasteiger partial charge in [-0.25, -0.2) is 0 Å². The summed E-state index contributed by atoms with van der Waals surface area (Å²) in [5.41, 5.74) is -0.603. The van der Waals surface area contributed by atoms with Crippen LogP contribution in [0.1, 0.15) is 19.3 Å². The summed E-state index contributed by atoms with van der Waals surface area (Å²) in [5.74, 6) is -1.33. The predicted octanol–water partition coefficient (Wildman–Crippen LogP) is 1.50. The van der Waals surface area contributed by atoms with E-state index < -0.39 is 17.7 Å². The van der Waals surface area contributed by atoms with E-state index >= 15 is 0 Å². The van der Waals surface area contributed by atoms with Gasteiger partial charge in [0.1, 0.15) is 0 Å². The number of Topliss-reactive ketones (excluding diaryl/α,β-unsaturated/α-hetero) is 1. The standard InChI is InChI=1S/C9H12BrF2NO2/c10-4-6(14)9(2-1-3-9)5-13-8(15)7(11)12/h7H,1-5H2,(H,13,15). The van der Waals surface area contributed by atoms with Crippen LogP contribution >= 0.6 is 15.9 Å². The highest BCUT2D eigenvalue weighted by Crippen LogP contribution is 2.41. The van der Waals surface area contributed by atoms with Crippen LogP contribution in [0.4, 0.5) is 8.78 Å². The molecule has 3 nitrogen and oxygen atoms in total. The fraction of sp³-hybridized carbons (Fsp3) is 0.778. The van der Waals surface area contributed by atoms with Gasteiger partial charge in [0.05, 0.1) is 5.33 Å². The van der Waals surface area contributed by atoms with Crippen molar-refractivity contribution in [3.05, 3.63) is 0 Å². The molecule has 1 saturated carbocycles. The van der Waals surface area contributed by atoms with Crippen LogP contribution in [0.25, 0.3) is 0 Å². The van der Waals surface area contributed by atoms with E-state index in [0.717, 1.165) is 6.42 Å². The molecule has 0 bridgehead atoms. The molecule has 0 aromatic carbocycles. The lowest BCUT2D eigenvalue weighted by Gasteiger charge is -2.40. The molecule has 0 spiro atoms. The summed E-state index contributed by atoms with van der Waals surface area (Å²) in [6.07, 6.45) is -0.772. The lowest BCUT2D eigenvalue weighted by molar-refractivity contribution is -0.135. The van der Waals surface area contributed by atoms with Crippen molar-refractivity contribution >= 4 is 27.6 Å². The van der Waals surface area contributed by atoms with E-state index in [1.54, 1.807) is 0 Å². The molecule has 0 aromatic rings. The van der Waals surface area contributed by atoms with E-state index in [0.29, 0.717) is 12.8 Å². The third-order valence-electron chi connectivity index (χ3n) is 2.82. The molecule has 1 rings (SSSR count). The van der Waals surface area contributed by atoms with Crippen molar-refractivity contribution in [1.82, 2.24) is 5.32 Å². The highest BCUT2D eigenvalue weighted by molar-refractivity contribution is 9.09. The molecule has 0 unspecified atom stereocenters. The summed E-state index contributed by atoms with van der Waals surface area (Å²) in [7, 11) is 0. The Kier molecular flexibility index (Phi) is 4.19. The largest absolute Gasteiger partial charge is 0.350 e. The second-order valence-electron chi connectivity index (χ2n) is 3.71. The molecule has 1 aliphatic rings. The number of ketones is 1. The van der Waals surface area contributed by atoms with Gasteiger partial charge < -0.3 is 5.32 Å². The van der Waals surface area contributed by atoms with Gasteiger partial charge in [0.2, 0.25) is 0 Å². The lowest BCUT2D eigenvalue weighted by Crippen LogP contribution is -2.49.